The van der Waals surface area contributed by atoms with Gasteiger partial charge in [-0.1, -0.05) is 120 Å². The van der Waals surface area contributed by atoms with Crippen molar-refractivity contribution in [2.45, 2.75) is 359 Å². The molecule has 3 aromatic carbocycles. The maximum Gasteiger partial charge on any atom is 0.303 e. The number of hydrogen-bond donors (Lipinski definition) is 23. The summed E-state index contributed by atoms with van der Waals surface area (Å²) in [7, 11) is 0. The highest BCUT2D eigenvalue weighted by molar-refractivity contribution is 6.42. The molecule has 1 aromatic heterocycles. The van der Waals surface area contributed by atoms with Gasteiger partial charge in [0, 0.05) is 89.0 Å². The predicted octanol–water partition coefficient (Wildman–Crippen LogP) is 1.46. The molecule has 149 heavy (non-hydrogen) atoms. The molecule has 0 aliphatic carbocycles. The summed E-state index contributed by atoms with van der Waals surface area (Å²) in [6.07, 6.45) is 2.40. The summed E-state index contributed by atoms with van der Waals surface area (Å²) in [5.74, 6) is -15.7. The van der Waals surface area contributed by atoms with E-state index < -0.39 is 251 Å². The lowest BCUT2D eigenvalue weighted by atomic mass is 9.84. The molecule has 0 saturated carbocycles. The SMILES string of the molecule is CC(=O)N[C@@H](CC(C)C)C(=O)N[C@H](C(=O)N[C@@H](Cc1ccccc1)C(=O)N[C@]1(C)CCCCCC/C=C/CCC[C@@](C)(C(=O)CN[C@@H](C)C(=O)CNC(C)(C)C(=O)CC(=O)[C@H](C)NCCC(=O)[C@H](C)NCCC(=O)[C@H](C)NCN[C@H](C)C(N)=O)NC(=O)[C@H](CC(C)C)NC(=O)[C@H](CCC(N)=O)NCN[C@@H](C)C(=O)CC(=O)[C@H](Cc2c[nH]c3ccccc23)NC(=O)[C@H](Cc2ccc(O)cc2)NN[C@@H](CCC(=O)O)C(=O)C1=O)[C@@H](C)O. The van der Waals surface area contributed by atoms with E-state index in [2.05, 4.69) is 95.6 Å². The van der Waals surface area contributed by atoms with Crippen molar-refractivity contribution in [1.82, 2.24) is 95.6 Å². The Hall–Kier alpha value is -12.3. The molecule has 0 radical (unpaired) electrons. The third-order valence-electron chi connectivity index (χ3n) is 26.5. The van der Waals surface area contributed by atoms with Gasteiger partial charge in [0.15, 0.2) is 46.3 Å². The number of aliphatic carboxylic acids is 1. The molecule has 0 unspecified atom stereocenters. The van der Waals surface area contributed by atoms with E-state index in [1.165, 1.54) is 79.7 Å². The monoisotopic (exact) mass is 2080 g/mol. The Morgan fingerprint density at radius 1 is 0.544 bits per heavy atom. The first-order chi connectivity index (χ1) is 70.1. The second-order valence-electron chi connectivity index (χ2n) is 40.8. The van der Waals surface area contributed by atoms with Crippen molar-refractivity contribution in [1.29, 1.82) is 0 Å². The number of carbonyl (C=O) groups is 20. The van der Waals surface area contributed by atoms with E-state index in [1.54, 1.807) is 116 Å². The predicted molar refractivity (Wildman–Crippen MR) is 559 cm³/mol. The number of H-pyrrole nitrogens is 1. The van der Waals surface area contributed by atoms with Crippen molar-refractivity contribution in [3.05, 3.63) is 114 Å². The van der Waals surface area contributed by atoms with Crippen LogP contribution in [0.1, 0.15) is 249 Å². The maximum absolute atomic E-state index is 15.7. The molecular weight excluding hydrogens is 1920 g/mol. The van der Waals surface area contributed by atoms with Crippen molar-refractivity contribution in [3.8, 4) is 5.75 Å². The topological polar surface area (TPSA) is 674 Å². The number of phenols is 1. The first-order valence-electron chi connectivity index (χ1n) is 51.5. The molecule has 43 heteroatoms. The lowest BCUT2D eigenvalue weighted by Gasteiger charge is -2.33. The van der Waals surface area contributed by atoms with E-state index in [0.717, 1.165) is 0 Å². The molecule has 824 valence electrons. The van der Waals surface area contributed by atoms with Crippen LogP contribution in [0.15, 0.2) is 97.2 Å². The van der Waals surface area contributed by atoms with Crippen LogP contribution in [0.4, 0.5) is 0 Å². The van der Waals surface area contributed by atoms with Crippen LogP contribution in [0.5, 0.6) is 5.75 Å². The minimum Gasteiger partial charge on any atom is -0.508 e. The number of hydrazine groups is 1. The number of carbonyl (C=O) groups excluding carboxylic acids is 19. The summed E-state index contributed by atoms with van der Waals surface area (Å²) >= 11 is 0. The fraction of sp³-hybridized carbons (Fsp3) is 0.604. The number of carboxylic acid groups (broad SMARTS) is 1. The van der Waals surface area contributed by atoms with Gasteiger partial charge in [-0.25, -0.2) is 10.9 Å². The first-order valence-corrected chi connectivity index (χ1v) is 51.5. The van der Waals surface area contributed by atoms with Gasteiger partial charge in [-0.3, -0.25) is 122 Å². The number of allylic oxidation sites excluding steroid dienone is 2. The number of phenolic OH excluding ortho intramolecular Hbond substituents is 1. The Kier molecular flexibility index (Phi) is 54.3. The zero-order valence-corrected chi connectivity index (χ0v) is 89.0. The lowest BCUT2D eigenvalue weighted by molar-refractivity contribution is -0.144. The second-order valence-corrected chi connectivity index (χ2v) is 40.8. The average molecular weight is 2080 g/mol. The third-order valence-corrected chi connectivity index (χ3v) is 26.5. The molecule has 43 nitrogen and oxygen atoms in total. The molecule has 0 fully saturated rings. The molecule has 0 saturated heterocycles. The van der Waals surface area contributed by atoms with Gasteiger partial charge in [-0.2, -0.15) is 0 Å². The molecule has 9 amide bonds. The zero-order chi connectivity index (χ0) is 111. The summed E-state index contributed by atoms with van der Waals surface area (Å²) in [4.78, 5) is 283. The lowest BCUT2D eigenvalue weighted by Crippen LogP contribution is -2.64. The summed E-state index contributed by atoms with van der Waals surface area (Å²) in [6, 6.07) is 4.23. The third kappa shape index (κ3) is 45.2. The van der Waals surface area contributed by atoms with Crippen molar-refractivity contribution >= 4 is 128 Å². The van der Waals surface area contributed by atoms with Crippen LogP contribution >= 0.6 is 0 Å². The molecule has 1 aliphatic rings. The number of hydrogen-bond acceptors (Lipinski definition) is 32. The van der Waals surface area contributed by atoms with Gasteiger partial charge in [0.25, 0.3) is 0 Å². The summed E-state index contributed by atoms with van der Waals surface area (Å²) in [5, 5.41) is 75.2. The van der Waals surface area contributed by atoms with Gasteiger partial charge >= 0.3 is 5.97 Å². The number of aliphatic hydroxyl groups excluding tert-OH is 1. The van der Waals surface area contributed by atoms with Crippen LogP contribution in [0.3, 0.4) is 0 Å². The van der Waals surface area contributed by atoms with Crippen LogP contribution in [0.2, 0.25) is 0 Å². The van der Waals surface area contributed by atoms with Crippen LogP contribution in [0.25, 0.3) is 10.9 Å². The normalized spacial score (nSPS) is 21.6. The minimum atomic E-state index is -2.20. The number of ketones is 10. The highest BCUT2D eigenvalue weighted by atomic mass is 16.4. The molecule has 4 aromatic rings. The van der Waals surface area contributed by atoms with Gasteiger partial charge < -0.3 is 84.9 Å². The number of primary amides is 2. The molecule has 0 bridgehead atoms. The smallest absolute Gasteiger partial charge is 0.303 e. The van der Waals surface area contributed by atoms with Crippen molar-refractivity contribution in [3.63, 3.8) is 0 Å². The standard InChI is InChI=1S/C106H162N20O23/c1-61(2)49-80(118-70(12)128)99(145)122-94(69(11)127)103(149)121-82(51-71-31-25-24-26-32-71)102(148)124-106(16)46-30-23-21-19-17-18-20-22-29-45-105(15,91(137)58-111-67(9)89(135)57-117-104(13,14)90(136)55-87(133)65(7)110-48-43-84(130)63(5)109-47-44-85(131)64(6)113-59-115-68(10)97(108)143)123-101(147)81(50-62(3)4)120-98(144)78(39-41-92(107)138)116-60-114-66(8)86(132)54-88(134)79(53-73-56-112-76-34-28-27-33-75(73)76)119-100(146)83(52-72-35-37-74(129)38-36-72)126-125-77(40-42-93(139)140)95(141)96(106)142/h18,20,24-28,31-38,56,61-69,77-83,94,109-117,125-127,129H,17,19,21-23,29-30,39-55,57-60H2,1-16H3,(H2,107,138)(H2,108,143)(H,118,128)(H,119,146)(H,120,144)(H,121,149)(H,122,145)(H,123,147)(H,124,148)(H,139,140)/b20-18+/t63-,64-,65-,66-,67-,68+,69+,77-,78-,79-,80-,81-,82-,83-,94-,105-,106+/m0/s1. The number of rotatable bonds is 51. The highest BCUT2D eigenvalue weighted by Crippen LogP contribution is 2.26. The van der Waals surface area contributed by atoms with Crippen molar-refractivity contribution < 1.29 is 111 Å². The van der Waals surface area contributed by atoms with E-state index in [9.17, 15) is 82.4 Å². The molecule has 17 atom stereocenters. The van der Waals surface area contributed by atoms with Gasteiger partial charge in [0.2, 0.25) is 64.7 Å². The first kappa shape index (κ1) is 127. The quantitative estimate of drug-likeness (QED) is 0.0129. The molecule has 5 rings (SSSR count). The zero-order valence-electron chi connectivity index (χ0n) is 89.0. The molecule has 0 spiro atoms. The number of aromatic amines is 1. The summed E-state index contributed by atoms with van der Waals surface area (Å²) in [6.45, 7) is 24.1. The van der Waals surface area contributed by atoms with E-state index in [4.69, 9.17) is 11.5 Å². The van der Waals surface area contributed by atoms with Crippen LogP contribution in [-0.2, 0) is 115 Å². The Morgan fingerprint density at radius 3 is 1.74 bits per heavy atom. The minimum absolute atomic E-state index is 0.000107. The number of nitrogens with one attached hydrogen (secondary N) is 18. The van der Waals surface area contributed by atoms with Crippen LogP contribution in [0, 0.1) is 11.8 Å². The van der Waals surface area contributed by atoms with Gasteiger partial charge in [-0.15, -0.1) is 0 Å². The van der Waals surface area contributed by atoms with Crippen molar-refractivity contribution in [2.24, 2.45) is 23.3 Å². The number of amides is 9. The fourth-order valence-corrected chi connectivity index (χ4v) is 16.5. The Labute approximate surface area is 872 Å². The second kappa shape index (κ2) is 63.6. The van der Waals surface area contributed by atoms with E-state index in [0.29, 0.717) is 59.7 Å². The van der Waals surface area contributed by atoms with Crippen LogP contribution in [-0.4, -0.2) is 284 Å². The number of carboxylic acids is 1. The number of fused-ring (bicyclic) bond motifs is 1. The van der Waals surface area contributed by atoms with E-state index in [1.807, 2.05) is 12.2 Å². The summed E-state index contributed by atoms with van der Waals surface area (Å²) in [5.41, 5.74) is 13.2. The van der Waals surface area contributed by atoms with Crippen LogP contribution < -0.4 is 102 Å². The molecule has 2 heterocycles. The van der Waals surface area contributed by atoms with E-state index in [-0.39, 0.29) is 139 Å². The van der Waals surface area contributed by atoms with Gasteiger partial charge in [-0.05, 0) is 194 Å². The number of aromatic hydroxyl groups is 1. The van der Waals surface area contributed by atoms with E-state index >= 15 is 28.8 Å². The number of benzene rings is 3. The fourth-order valence-electron chi connectivity index (χ4n) is 16.5. The Bertz CT molecular complexity index is 5220. The largest absolute Gasteiger partial charge is 0.508 e. The molecule has 25 N–H and O–H groups in total. The number of aromatic nitrogens is 1. The Balaban J connectivity index is 1.49. The number of aliphatic hydroxyl groups is 1. The number of Topliss-reactive ketones (excluding diaryl/α,β-unsaturated/α-hetero) is 10. The molecular formula is C106H162N20O23. The number of nitrogens with two attached hydrogens (primary N) is 2. The van der Waals surface area contributed by atoms with Gasteiger partial charge in [0.05, 0.1) is 97.5 Å². The van der Waals surface area contributed by atoms with Gasteiger partial charge in [0.1, 0.15) is 41.5 Å². The molecule has 1 aliphatic heterocycles. The Morgan fingerprint density at radius 2 is 1.13 bits per heavy atom. The number of para-hydroxylation sites is 1. The summed E-state index contributed by atoms with van der Waals surface area (Å²) < 4.78 is 0. The average Bonchev–Trinajstić information content (AvgIpc) is 1.44. The van der Waals surface area contributed by atoms with Crippen molar-refractivity contribution in [2.75, 3.05) is 39.5 Å². The maximum atomic E-state index is 15.7. The highest BCUT2D eigenvalue weighted by Gasteiger charge is 2.45.